The number of benzene rings is 1. The maximum atomic E-state index is 15.0. The van der Waals surface area contributed by atoms with Crippen LogP contribution in [0.1, 0.15) is 36.3 Å². The van der Waals surface area contributed by atoms with Crippen molar-refractivity contribution in [2.45, 2.75) is 25.6 Å². The van der Waals surface area contributed by atoms with Crippen LogP contribution >= 0.6 is 23.2 Å². The summed E-state index contributed by atoms with van der Waals surface area (Å²) in [7, 11) is 0. The Balaban J connectivity index is 1.35. The zero-order chi connectivity index (χ0) is 24.4. The Bertz CT molecular complexity index is 1350. The van der Waals surface area contributed by atoms with E-state index in [9.17, 15) is 0 Å². The van der Waals surface area contributed by atoms with Crippen LogP contribution in [0.4, 0.5) is 4.39 Å². The van der Waals surface area contributed by atoms with Crippen LogP contribution in [0.5, 0.6) is 11.6 Å². The van der Waals surface area contributed by atoms with E-state index in [0.717, 1.165) is 6.42 Å². The molecule has 1 saturated heterocycles. The van der Waals surface area contributed by atoms with Gasteiger partial charge in [-0.15, -0.1) is 0 Å². The molecule has 7 nitrogen and oxygen atoms in total. The second-order valence-electron chi connectivity index (χ2n) is 8.07. The first-order valence-electron chi connectivity index (χ1n) is 11.0. The largest absolute Gasteiger partial charge is 0.486 e. The number of aromatic amines is 1. The van der Waals surface area contributed by atoms with E-state index < -0.39 is 11.9 Å². The smallest absolute Gasteiger partial charge is 0.213 e. The molecule has 10 heteroatoms. The third-order valence-electron chi connectivity index (χ3n) is 5.62. The molecule has 4 aromatic rings. The zero-order valence-electron chi connectivity index (χ0n) is 18.7. The molecule has 5 rings (SSSR count). The van der Waals surface area contributed by atoms with Crippen molar-refractivity contribution in [3.8, 4) is 11.6 Å². The van der Waals surface area contributed by atoms with E-state index in [2.05, 4.69) is 20.2 Å². The lowest BCUT2D eigenvalue weighted by molar-refractivity contribution is 0.138. The second-order valence-corrected chi connectivity index (χ2v) is 8.89. The van der Waals surface area contributed by atoms with E-state index >= 15 is 4.39 Å². The summed E-state index contributed by atoms with van der Waals surface area (Å²) >= 11 is 12.5. The van der Waals surface area contributed by atoms with Gasteiger partial charge in [0.2, 0.25) is 5.88 Å². The Labute approximate surface area is 210 Å². The fraction of sp³-hybridized carbons (Fsp3) is 0.240. The first-order chi connectivity index (χ1) is 17.0. The predicted molar refractivity (Wildman–Crippen MR) is 132 cm³/mol. The molecule has 0 aliphatic carbocycles. The van der Waals surface area contributed by atoms with Crippen LogP contribution < -0.4 is 9.47 Å². The SMILES string of the molecule is C[C@@H](Oc1ccc2n[nH]c(/C=C(\F)c3ccc(O[C@@H]4CCOC4)nc3)c2c1)c1c(Cl)cncc1Cl. The van der Waals surface area contributed by atoms with Gasteiger partial charge < -0.3 is 14.2 Å². The third-order valence-corrected chi connectivity index (χ3v) is 6.23. The quantitative estimate of drug-likeness (QED) is 0.305. The molecule has 0 spiro atoms. The fourth-order valence-corrected chi connectivity index (χ4v) is 4.52. The number of aromatic nitrogens is 4. The molecule has 1 aromatic carbocycles. The van der Waals surface area contributed by atoms with Crippen LogP contribution in [0.3, 0.4) is 0 Å². The van der Waals surface area contributed by atoms with Gasteiger partial charge in [-0.25, -0.2) is 9.37 Å². The van der Waals surface area contributed by atoms with Gasteiger partial charge in [-0.05, 0) is 31.2 Å². The minimum absolute atomic E-state index is 0.0187. The first kappa shape index (κ1) is 23.5. The van der Waals surface area contributed by atoms with Crippen LogP contribution in [0, 0.1) is 0 Å². The summed E-state index contributed by atoms with van der Waals surface area (Å²) < 4.78 is 32.1. The normalized spacial score (nSPS) is 17.0. The van der Waals surface area contributed by atoms with Crippen molar-refractivity contribution in [3.05, 3.63) is 75.8 Å². The summed E-state index contributed by atoms with van der Waals surface area (Å²) in [5.74, 6) is 0.535. The van der Waals surface area contributed by atoms with Crippen LogP contribution in [0.25, 0.3) is 22.8 Å². The Hall–Kier alpha value is -3.20. The minimum Gasteiger partial charge on any atom is -0.486 e. The van der Waals surface area contributed by atoms with E-state index in [1.165, 1.54) is 24.7 Å². The number of hydrogen-bond acceptors (Lipinski definition) is 6. The van der Waals surface area contributed by atoms with Crippen LogP contribution in [0.2, 0.25) is 10.0 Å². The minimum atomic E-state index is -0.464. The molecule has 4 heterocycles. The van der Waals surface area contributed by atoms with Gasteiger partial charge in [-0.1, -0.05) is 23.2 Å². The fourth-order valence-electron chi connectivity index (χ4n) is 3.84. The highest BCUT2D eigenvalue weighted by atomic mass is 35.5. The molecular weight excluding hydrogens is 494 g/mol. The molecule has 0 radical (unpaired) electrons. The van der Waals surface area contributed by atoms with Crippen molar-refractivity contribution in [2.75, 3.05) is 13.2 Å². The predicted octanol–water partition coefficient (Wildman–Crippen LogP) is 6.44. The Morgan fingerprint density at radius 2 is 2.03 bits per heavy atom. The van der Waals surface area contributed by atoms with E-state index in [0.29, 0.717) is 62.6 Å². The summed E-state index contributed by atoms with van der Waals surface area (Å²) in [5.41, 5.74) is 2.14. The van der Waals surface area contributed by atoms with E-state index in [4.69, 9.17) is 37.4 Å². The van der Waals surface area contributed by atoms with Crippen molar-refractivity contribution in [2.24, 2.45) is 0 Å². The topological polar surface area (TPSA) is 82.2 Å². The Kier molecular flexibility index (Phi) is 6.86. The number of halogens is 3. The third kappa shape index (κ3) is 5.24. The average Bonchev–Trinajstić information content (AvgIpc) is 3.49. The van der Waals surface area contributed by atoms with Gasteiger partial charge in [0, 0.05) is 53.7 Å². The number of H-pyrrole nitrogens is 1. The molecule has 1 aliphatic rings. The number of hydrogen-bond donors (Lipinski definition) is 1. The molecule has 3 aromatic heterocycles. The molecule has 0 saturated carbocycles. The first-order valence-corrected chi connectivity index (χ1v) is 11.7. The maximum absolute atomic E-state index is 15.0. The van der Waals surface area contributed by atoms with Gasteiger partial charge in [0.05, 0.1) is 34.5 Å². The van der Waals surface area contributed by atoms with Crippen molar-refractivity contribution >= 4 is 46.0 Å². The van der Waals surface area contributed by atoms with Gasteiger partial charge >= 0.3 is 0 Å². The standard InChI is InChI=1S/C25H21Cl2FN4O3/c1-14(25-19(26)11-29-12-20(25)27)34-16-3-4-22-18(8-16)23(32-31-22)9-21(28)15-2-5-24(30-10-15)35-17-6-7-33-13-17/h2-5,8-12,14,17H,6-7,13H2,1H3,(H,31,32)/b21-9-/t14-,17-/m1/s1. The van der Waals surface area contributed by atoms with Gasteiger partial charge in [-0.2, -0.15) is 5.10 Å². The van der Waals surface area contributed by atoms with Crippen molar-refractivity contribution in [1.29, 1.82) is 0 Å². The molecule has 1 fully saturated rings. The molecule has 0 unspecified atom stereocenters. The summed E-state index contributed by atoms with van der Waals surface area (Å²) in [6, 6.07) is 8.63. The maximum Gasteiger partial charge on any atom is 0.213 e. The number of rotatable bonds is 7. The summed E-state index contributed by atoms with van der Waals surface area (Å²) in [6.07, 6.45) is 6.22. The van der Waals surface area contributed by atoms with Crippen molar-refractivity contribution in [3.63, 3.8) is 0 Å². The van der Waals surface area contributed by atoms with Crippen molar-refractivity contribution in [1.82, 2.24) is 20.2 Å². The highest BCUT2D eigenvalue weighted by Crippen LogP contribution is 2.34. The van der Waals surface area contributed by atoms with Gasteiger partial charge in [0.1, 0.15) is 23.8 Å². The highest BCUT2D eigenvalue weighted by Gasteiger charge is 2.18. The number of fused-ring (bicyclic) bond motifs is 1. The van der Waals surface area contributed by atoms with Crippen LogP contribution in [-0.4, -0.2) is 39.5 Å². The number of ether oxygens (including phenoxy) is 3. The van der Waals surface area contributed by atoms with Gasteiger partial charge in [0.15, 0.2) is 0 Å². The van der Waals surface area contributed by atoms with Crippen molar-refractivity contribution < 1.29 is 18.6 Å². The average molecular weight is 515 g/mol. The zero-order valence-corrected chi connectivity index (χ0v) is 20.2. The Morgan fingerprint density at radius 1 is 1.20 bits per heavy atom. The van der Waals surface area contributed by atoms with Crippen LogP contribution in [-0.2, 0) is 4.74 Å². The molecule has 35 heavy (non-hydrogen) atoms. The second kappa shape index (κ2) is 10.2. The molecule has 2 atom stereocenters. The van der Waals surface area contributed by atoms with Gasteiger partial charge in [0.25, 0.3) is 0 Å². The molecule has 0 amide bonds. The summed E-state index contributed by atoms with van der Waals surface area (Å²) in [6.45, 7) is 3.06. The number of nitrogens with zero attached hydrogens (tertiary/aromatic N) is 3. The number of nitrogens with one attached hydrogen (secondary N) is 1. The summed E-state index contributed by atoms with van der Waals surface area (Å²) in [4.78, 5) is 8.18. The Morgan fingerprint density at radius 3 is 2.74 bits per heavy atom. The number of pyridine rings is 2. The molecular formula is C25H21Cl2FN4O3. The monoisotopic (exact) mass is 514 g/mol. The molecule has 0 bridgehead atoms. The molecule has 1 aliphatic heterocycles. The summed E-state index contributed by atoms with van der Waals surface area (Å²) in [5, 5.41) is 8.66. The van der Waals surface area contributed by atoms with Gasteiger partial charge in [-0.3, -0.25) is 10.1 Å². The lowest BCUT2D eigenvalue weighted by Gasteiger charge is -2.17. The molecule has 180 valence electrons. The lowest BCUT2D eigenvalue weighted by atomic mass is 10.1. The van der Waals surface area contributed by atoms with E-state index in [1.54, 1.807) is 30.3 Å². The van der Waals surface area contributed by atoms with E-state index in [1.807, 2.05) is 6.92 Å². The molecule has 1 N–H and O–H groups in total. The van der Waals surface area contributed by atoms with Crippen LogP contribution in [0.15, 0.2) is 48.9 Å². The van der Waals surface area contributed by atoms with E-state index in [-0.39, 0.29) is 6.10 Å². The lowest BCUT2D eigenvalue weighted by Crippen LogP contribution is -2.16. The highest BCUT2D eigenvalue weighted by molar-refractivity contribution is 6.35.